The Labute approximate surface area is 91.3 Å². The van der Waals surface area contributed by atoms with Crippen molar-refractivity contribution in [2.45, 2.75) is 6.92 Å². The van der Waals surface area contributed by atoms with Gasteiger partial charge in [0.05, 0.1) is 19.8 Å². The summed E-state index contributed by atoms with van der Waals surface area (Å²) >= 11 is 0. The smallest absolute Gasteiger partial charge is 0.332 e. The molecule has 15 heavy (non-hydrogen) atoms. The minimum absolute atomic E-state index is 0.0337. The molecule has 0 unspecified atom stereocenters. The maximum atomic E-state index is 10.9. The van der Waals surface area contributed by atoms with Gasteiger partial charge in [0.1, 0.15) is 6.61 Å². The monoisotopic (exact) mass is 219 g/mol. The average Bonchev–Trinajstić information content (AvgIpc) is 2.22. The van der Waals surface area contributed by atoms with E-state index >= 15 is 0 Å². The van der Waals surface area contributed by atoms with Crippen LogP contribution in [0.2, 0.25) is 0 Å². The fraction of sp³-hybridized carbons (Fsp3) is 0.900. The summed E-state index contributed by atoms with van der Waals surface area (Å²) in [6.07, 6.45) is 0. The van der Waals surface area contributed by atoms with Crippen LogP contribution >= 0.6 is 0 Å². The molecular formula is C10H21NO4. The highest BCUT2D eigenvalue weighted by atomic mass is 16.6. The highest BCUT2D eigenvalue weighted by molar-refractivity contribution is 5.70. The van der Waals surface area contributed by atoms with Crippen molar-refractivity contribution in [2.24, 2.45) is 0 Å². The van der Waals surface area contributed by atoms with Crippen molar-refractivity contribution in [1.29, 1.82) is 0 Å². The molecule has 90 valence electrons. The molecule has 0 aromatic carbocycles. The zero-order chi connectivity index (χ0) is 11.5. The lowest BCUT2D eigenvalue weighted by atomic mass is 10.5. The number of carbonyl (C=O) groups excluding carboxylic acids is 1. The molecule has 0 bridgehead atoms. The summed E-state index contributed by atoms with van der Waals surface area (Å²) in [5.74, 6) is -0.308. The Morgan fingerprint density at radius 1 is 1.27 bits per heavy atom. The van der Waals surface area contributed by atoms with Crippen LogP contribution in [0.1, 0.15) is 6.92 Å². The van der Waals surface area contributed by atoms with E-state index in [-0.39, 0.29) is 12.6 Å². The van der Waals surface area contributed by atoms with Crippen LogP contribution < -0.4 is 0 Å². The molecule has 5 heteroatoms. The Bertz CT molecular complexity index is 164. The molecule has 0 amide bonds. The quantitative estimate of drug-likeness (QED) is 0.408. The zero-order valence-corrected chi connectivity index (χ0v) is 9.82. The van der Waals surface area contributed by atoms with Gasteiger partial charge in [0, 0.05) is 20.2 Å². The van der Waals surface area contributed by atoms with Crippen molar-refractivity contribution in [3.63, 3.8) is 0 Å². The number of rotatable bonds is 9. The molecule has 0 rings (SSSR count). The second-order valence-corrected chi connectivity index (χ2v) is 3.15. The maximum Gasteiger partial charge on any atom is 0.332 e. The van der Waals surface area contributed by atoms with E-state index in [9.17, 15) is 4.79 Å². The van der Waals surface area contributed by atoms with Crippen molar-refractivity contribution in [1.82, 2.24) is 4.90 Å². The third kappa shape index (κ3) is 9.65. The number of methoxy groups -OCH3 is 1. The molecule has 0 aliphatic carbocycles. The van der Waals surface area contributed by atoms with E-state index < -0.39 is 0 Å². The minimum Gasteiger partial charge on any atom is -0.464 e. The van der Waals surface area contributed by atoms with Gasteiger partial charge in [-0.05, 0) is 14.0 Å². The third-order valence-corrected chi connectivity index (χ3v) is 1.82. The molecule has 0 heterocycles. The van der Waals surface area contributed by atoms with Gasteiger partial charge in [-0.1, -0.05) is 0 Å². The highest BCUT2D eigenvalue weighted by Gasteiger charge is 2.02. The fourth-order valence-corrected chi connectivity index (χ4v) is 0.937. The number of esters is 1. The zero-order valence-electron chi connectivity index (χ0n) is 9.82. The lowest BCUT2D eigenvalue weighted by Crippen LogP contribution is -2.27. The van der Waals surface area contributed by atoms with Gasteiger partial charge in [-0.15, -0.1) is 0 Å². The van der Waals surface area contributed by atoms with Crippen molar-refractivity contribution < 1.29 is 19.0 Å². The molecule has 0 aromatic heterocycles. The Hall–Kier alpha value is -0.650. The molecule has 0 radical (unpaired) electrons. The molecule has 0 saturated heterocycles. The first kappa shape index (κ1) is 14.3. The molecule has 0 aromatic rings. The summed E-state index contributed by atoms with van der Waals surface area (Å²) in [6, 6.07) is 0. The number of carbonyl (C=O) groups is 1. The van der Waals surface area contributed by atoms with Gasteiger partial charge in [-0.25, -0.2) is 4.79 Å². The molecule has 0 aliphatic heterocycles. The highest BCUT2D eigenvalue weighted by Crippen LogP contribution is 1.85. The first-order valence-electron chi connectivity index (χ1n) is 5.11. The first-order valence-corrected chi connectivity index (χ1v) is 5.11. The van der Waals surface area contributed by atoms with Crippen LogP contribution in [-0.4, -0.2) is 64.5 Å². The van der Waals surface area contributed by atoms with Gasteiger partial charge < -0.3 is 19.1 Å². The van der Waals surface area contributed by atoms with Gasteiger partial charge in [-0.3, -0.25) is 0 Å². The number of hydrogen-bond donors (Lipinski definition) is 0. The van der Waals surface area contributed by atoms with Crippen LogP contribution in [0.4, 0.5) is 0 Å². The van der Waals surface area contributed by atoms with E-state index in [1.165, 1.54) is 0 Å². The van der Waals surface area contributed by atoms with Gasteiger partial charge in [0.2, 0.25) is 0 Å². The summed E-state index contributed by atoms with van der Waals surface area (Å²) in [4.78, 5) is 13.0. The van der Waals surface area contributed by atoms with E-state index in [2.05, 4.69) is 4.90 Å². The van der Waals surface area contributed by atoms with Crippen molar-refractivity contribution >= 4 is 5.97 Å². The van der Waals surface area contributed by atoms with Crippen LogP contribution in [0, 0.1) is 0 Å². The van der Waals surface area contributed by atoms with Crippen LogP contribution in [0.3, 0.4) is 0 Å². The number of nitrogens with zero attached hydrogens (tertiary/aromatic N) is 1. The van der Waals surface area contributed by atoms with E-state index in [1.807, 2.05) is 7.05 Å². The molecule has 0 atom stereocenters. The van der Waals surface area contributed by atoms with Crippen molar-refractivity contribution in [3.05, 3.63) is 0 Å². The second kappa shape index (κ2) is 9.89. The summed E-state index contributed by atoms with van der Waals surface area (Å²) in [7, 11) is 3.65. The fourth-order valence-electron chi connectivity index (χ4n) is 0.937. The molecule has 0 N–H and O–H groups in total. The molecule has 0 saturated carbocycles. The van der Waals surface area contributed by atoms with Crippen LogP contribution in [-0.2, 0) is 19.0 Å². The standard InChI is InChI=1S/C10H21NO4/c1-4-15-10(12)9-14-8-6-11(2)5-7-13-3/h4-9H2,1-3H3. The van der Waals surface area contributed by atoms with Crippen LogP contribution in [0.15, 0.2) is 0 Å². The van der Waals surface area contributed by atoms with Crippen molar-refractivity contribution in [2.75, 3.05) is 53.7 Å². The summed E-state index contributed by atoms with van der Waals surface area (Å²) in [6.45, 7) is 5.08. The predicted octanol–water partition coefficient (Wildman–Crippen LogP) is 0.144. The Kier molecular flexibility index (Phi) is 9.46. The Balaban J connectivity index is 3.26. The van der Waals surface area contributed by atoms with E-state index in [1.54, 1.807) is 14.0 Å². The number of ether oxygens (including phenoxy) is 3. The Morgan fingerprint density at radius 3 is 2.53 bits per heavy atom. The van der Waals surface area contributed by atoms with Crippen LogP contribution in [0.25, 0.3) is 0 Å². The van der Waals surface area contributed by atoms with Gasteiger partial charge in [-0.2, -0.15) is 0 Å². The maximum absolute atomic E-state index is 10.9. The lowest BCUT2D eigenvalue weighted by Gasteiger charge is -2.15. The molecule has 0 aliphatic rings. The van der Waals surface area contributed by atoms with E-state index in [4.69, 9.17) is 14.2 Å². The number of hydrogen-bond acceptors (Lipinski definition) is 5. The molecular weight excluding hydrogens is 198 g/mol. The number of likely N-dealkylation sites (N-methyl/N-ethyl adjacent to an activating group) is 1. The molecule has 5 nitrogen and oxygen atoms in total. The molecule has 0 fully saturated rings. The predicted molar refractivity (Wildman–Crippen MR) is 56.8 cm³/mol. The minimum atomic E-state index is -0.308. The SMILES string of the molecule is CCOC(=O)COCCN(C)CCOC. The second-order valence-electron chi connectivity index (χ2n) is 3.15. The summed E-state index contributed by atoms with van der Waals surface area (Å²) in [5, 5.41) is 0. The average molecular weight is 219 g/mol. The largest absolute Gasteiger partial charge is 0.464 e. The Morgan fingerprint density at radius 2 is 1.93 bits per heavy atom. The normalized spacial score (nSPS) is 10.7. The van der Waals surface area contributed by atoms with E-state index in [0.29, 0.717) is 19.8 Å². The van der Waals surface area contributed by atoms with Gasteiger partial charge >= 0.3 is 5.97 Å². The van der Waals surface area contributed by atoms with Gasteiger partial charge in [0.25, 0.3) is 0 Å². The topological polar surface area (TPSA) is 48.0 Å². The molecule has 0 spiro atoms. The van der Waals surface area contributed by atoms with Crippen LogP contribution in [0.5, 0.6) is 0 Å². The van der Waals surface area contributed by atoms with E-state index in [0.717, 1.165) is 13.1 Å². The summed E-state index contributed by atoms with van der Waals surface area (Å²) < 4.78 is 14.8. The first-order chi connectivity index (χ1) is 7.20. The van der Waals surface area contributed by atoms with Gasteiger partial charge in [0.15, 0.2) is 0 Å². The lowest BCUT2D eigenvalue weighted by molar-refractivity contribution is -0.148. The summed E-state index contributed by atoms with van der Waals surface area (Å²) in [5.41, 5.74) is 0. The van der Waals surface area contributed by atoms with Crippen molar-refractivity contribution in [3.8, 4) is 0 Å². The third-order valence-electron chi connectivity index (χ3n) is 1.82.